The fourth-order valence-corrected chi connectivity index (χ4v) is 3.29. The highest BCUT2D eigenvalue weighted by Crippen LogP contribution is 2.30. The van der Waals surface area contributed by atoms with Crippen molar-refractivity contribution in [2.75, 3.05) is 7.11 Å². The first kappa shape index (κ1) is 20.3. The molecule has 5 nitrogen and oxygen atoms in total. The Morgan fingerprint density at radius 2 is 1.84 bits per heavy atom. The Morgan fingerprint density at radius 1 is 1.06 bits per heavy atom. The first-order valence-corrected chi connectivity index (χ1v) is 9.81. The molecule has 1 unspecified atom stereocenters. The fourth-order valence-electron chi connectivity index (χ4n) is 3.29. The van der Waals surface area contributed by atoms with Gasteiger partial charge in [-0.2, -0.15) is 0 Å². The summed E-state index contributed by atoms with van der Waals surface area (Å²) in [6.45, 7) is 1.85. The van der Waals surface area contributed by atoms with E-state index in [0.29, 0.717) is 28.5 Å². The molecule has 4 aromatic rings. The predicted octanol–water partition coefficient (Wildman–Crippen LogP) is 5.65. The number of benzene rings is 3. The molecule has 1 aromatic heterocycles. The largest absolute Gasteiger partial charge is 0.497 e. The minimum atomic E-state index is -0.316. The van der Waals surface area contributed by atoms with Crippen LogP contribution in [0.5, 0.6) is 5.75 Å². The average molecular weight is 416 g/mol. The van der Waals surface area contributed by atoms with Crippen molar-refractivity contribution in [3.63, 3.8) is 0 Å². The summed E-state index contributed by atoms with van der Waals surface area (Å²) in [4.78, 5) is 17.4. The van der Waals surface area contributed by atoms with E-state index in [2.05, 4.69) is 10.3 Å². The molecular formula is C25H21FN2O3. The van der Waals surface area contributed by atoms with E-state index in [1.807, 2.05) is 37.3 Å². The highest BCUT2D eigenvalue weighted by molar-refractivity contribution is 6.00. The number of methoxy groups -OCH3 is 1. The van der Waals surface area contributed by atoms with Crippen LogP contribution in [0.4, 0.5) is 4.39 Å². The van der Waals surface area contributed by atoms with Crippen LogP contribution in [0.1, 0.15) is 28.9 Å². The van der Waals surface area contributed by atoms with Crippen molar-refractivity contribution in [2.45, 2.75) is 13.0 Å². The Labute approximate surface area is 179 Å². The first-order chi connectivity index (χ1) is 15.0. The standard InChI is InChI=1S/C25H21FN2O3/c1-16(17-10-12-19(26)13-11-17)28-24(29)21-8-3-4-9-22(21)25-27-15-23(31-25)18-6-5-7-20(14-18)30-2/h3-16H,1-2H3,(H,28,29). The number of nitrogens with zero attached hydrogens (tertiary/aromatic N) is 1. The minimum Gasteiger partial charge on any atom is -0.497 e. The van der Waals surface area contributed by atoms with Crippen LogP contribution in [0.25, 0.3) is 22.8 Å². The van der Waals surface area contributed by atoms with E-state index in [0.717, 1.165) is 11.1 Å². The number of amides is 1. The van der Waals surface area contributed by atoms with Crippen LogP contribution in [0.2, 0.25) is 0 Å². The molecule has 0 aliphatic carbocycles. The van der Waals surface area contributed by atoms with Gasteiger partial charge in [-0.3, -0.25) is 4.79 Å². The second kappa shape index (κ2) is 8.83. The third-order valence-corrected chi connectivity index (χ3v) is 4.98. The summed E-state index contributed by atoms with van der Waals surface area (Å²) in [6, 6.07) is 20.4. The summed E-state index contributed by atoms with van der Waals surface area (Å²) >= 11 is 0. The van der Waals surface area contributed by atoms with Gasteiger partial charge in [-0.05, 0) is 48.9 Å². The van der Waals surface area contributed by atoms with Crippen LogP contribution in [0, 0.1) is 5.82 Å². The van der Waals surface area contributed by atoms with Crippen LogP contribution in [0.3, 0.4) is 0 Å². The number of aromatic nitrogens is 1. The molecule has 0 aliphatic rings. The van der Waals surface area contributed by atoms with Gasteiger partial charge in [-0.1, -0.05) is 36.4 Å². The zero-order chi connectivity index (χ0) is 21.8. The number of hydrogen-bond acceptors (Lipinski definition) is 4. The topological polar surface area (TPSA) is 64.4 Å². The number of hydrogen-bond donors (Lipinski definition) is 1. The molecule has 1 N–H and O–H groups in total. The summed E-state index contributed by atoms with van der Waals surface area (Å²) in [5.74, 6) is 1.05. The quantitative estimate of drug-likeness (QED) is 0.441. The van der Waals surface area contributed by atoms with Gasteiger partial charge in [0.25, 0.3) is 5.91 Å². The zero-order valence-corrected chi connectivity index (χ0v) is 17.1. The molecule has 4 rings (SSSR count). The number of ether oxygens (including phenoxy) is 1. The molecule has 1 heterocycles. The normalized spacial score (nSPS) is 11.7. The molecule has 6 heteroatoms. The van der Waals surface area contributed by atoms with Crippen LogP contribution >= 0.6 is 0 Å². The van der Waals surface area contributed by atoms with Crippen molar-refractivity contribution < 1.29 is 18.3 Å². The van der Waals surface area contributed by atoms with Gasteiger partial charge in [0, 0.05) is 11.1 Å². The summed E-state index contributed by atoms with van der Waals surface area (Å²) in [5.41, 5.74) is 2.66. The molecular weight excluding hydrogens is 395 g/mol. The van der Waals surface area contributed by atoms with Gasteiger partial charge in [0.2, 0.25) is 5.89 Å². The average Bonchev–Trinajstić information content (AvgIpc) is 3.30. The van der Waals surface area contributed by atoms with Crippen molar-refractivity contribution in [3.05, 3.63) is 95.9 Å². The third-order valence-electron chi connectivity index (χ3n) is 4.98. The molecule has 0 fully saturated rings. The van der Waals surface area contributed by atoms with E-state index >= 15 is 0 Å². The molecule has 31 heavy (non-hydrogen) atoms. The van der Waals surface area contributed by atoms with Gasteiger partial charge in [-0.25, -0.2) is 9.37 Å². The number of carbonyl (C=O) groups is 1. The molecule has 0 radical (unpaired) electrons. The summed E-state index contributed by atoms with van der Waals surface area (Å²) in [5, 5.41) is 2.95. The first-order valence-electron chi connectivity index (χ1n) is 9.81. The van der Waals surface area contributed by atoms with Gasteiger partial charge in [0.05, 0.1) is 24.9 Å². The molecule has 0 saturated heterocycles. The lowest BCUT2D eigenvalue weighted by atomic mass is 10.0. The smallest absolute Gasteiger partial charge is 0.252 e. The third kappa shape index (κ3) is 4.48. The van der Waals surface area contributed by atoms with Gasteiger partial charge < -0.3 is 14.5 Å². The maximum absolute atomic E-state index is 13.2. The van der Waals surface area contributed by atoms with Crippen molar-refractivity contribution >= 4 is 5.91 Å². The summed E-state index contributed by atoms with van der Waals surface area (Å²) < 4.78 is 24.4. The number of halogens is 1. The Hall–Kier alpha value is -3.93. The minimum absolute atomic E-state index is 0.270. The molecule has 3 aromatic carbocycles. The second-order valence-electron chi connectivity index (χ2n) is 7.05. The monoisotopic (exact) mass is 416 g/mol. The van der Waals surface area contributed by atoms with E-state index in [-0.39, 0.29) is 17.8 Å². The maximum atomic E-state index is 13.2. The Balaban J connectivity index is 1.59. The summed E-state index contributed by atoms with van der Waals surface area (Å²) in [6.07, 6.45) is 1.62. The number of oxazole rings is 1. The highest BCUT2D eigenvalue weighted by Gasteiger charge is 2.19. The zero-order valence-electron chi connectivity index (χ0n) is 17.1. The van der Waals surface area contributed by atoms with Crippen molar-refractivity contribution in [3.8, 4) is 28.5 Å². The molecule has 0 bridgehead atoms. The van der Waals surface area contributed by atoms with E-state index in [1.54, 1.807) is 43.6 Å². The van der Waals surface area contributed by atoms with E-state index in [4.69, 9.17) is 9.15 Å². The van der Waals surface area contributed by atoms with Crippen LogP contribution in [-0.4, -0.2) is 18.0 Å². The lowest BCUT2D eigenvalue weighted by Gasteiger charge is -2.15. The molecule has 1 amide bonds. The summed E-state index contributed by atoms with van der Waals surface area (Å²) in [7, 11) is 1.60. The SMILES string of the molecule is COc1cccc(-c2cnc(-c3ccccc3C(=O)NC(C)c3ccc(F)cc3)o2)c1. The lowest BCUT2D eigenvalue weighted by molar-refractivity contribution is 0.0940. The second-order valence-corrected chi connectivity index (χ2v) is 7.05. The molecule has 0 spiro atoms. The predicted molar refractivity (Wildman–Crippen MR) is 116 cm³/mol. The van der Waals surface area contributed by atoms with Crippen molar-refractivity contribution in [1.29, 1.82) is 0 Å². The Bertz CT molecular complexity index is 1200. The van der Waals surface area contributed by atoms with E-state index < -0.39 is 0 Å². The number of carbonyl (C=O) groups excluding carboxylic acids is 1. The van der Waals surface area contributed by atoms with Crippen molar-refractivity contribution in [2.24, 2.45) is 0 Å². The van der Waals surface area contributed by atoms with Crippen LogP contribution in [-0.2, 0) is 0 Å². The van der Waals surface area contributed by atoms with Gasteiger partial charge in [0.15, 0.2) is 5.76 Å². The molecule has 0 aliphatic heterocycles. The van der Waals surface area contributed by atoms with Crippen molar-refractivity contribution in [1.82, 2.24) is 10.3 Å². The maximum Gasteiger partial charge on any atom is 0.252 e. The van der Waals surface area contributed by atoms with E-state index in [9.17, 15) is 9.18 Å². The number of nitrogens with one attached hydrogen (secondary N) is 1. The van der Waals surface area contributed by atoms with Gasteiger partial charge in [-0.15, -0.1) is 0 Å². The number of rotatable bonds is 6. The molecule has 1 atom stereocenters. The van der Waals surface area contributed by atoms with Gasteiger partial charge in [0.1, 0.15) is 11.6 Å². The highest BCUT2D eigenvalue weighted by atomic mass is 19.1. The molecule has 156 valence electrons. The fraction of sp³-hybridized carbons (Fsp3) is 0.120. The van der Waals surface area contributed by atoms with Crippen LogP contribution < -0.4 is 10.1 Å². The Kier molecular flexibility index (Phi) is 5.80. The van der Waals surface area contributed by atoms with Gasteiger partial charge >= 0.3 is 0 Å². The molecule has 0 saturated carbocycles. The van der Waals surface area contributed by atoms with Crippen LogP contribution in [0.15, 0.2) is 83.4 Å². The van der Waals surface area contributed by atoms with E-state index in [1.165, 1.54) is 12.1 Å². The Morgan fingerprint density at radius 3 is 2.61 bits per heavy atom. The lowest BCUT2D eigenvalue weighted by Crippen LogP contribution is -2.27.